The minimum Gasteiger partial charge on any atom is -0.384 e. The molecule has 3 rings (SSSR count). The Balaban J connectivity index is 1.82. The van der Waals surface area contributed by atoms with E-state index >= 15 is 0 Å². The van der Waals surface area contributed by atoms with Gasteiger partial charge in [-0.1, -0.05) is 55.0 Å². The standard InChI is InChI=1S/C19H22O2/c1-21-13-17-5-2-3-8-18(17)19(20)16-11-9-15(10-12-16)14-6-4-7-14/h2-3,5,8-12,14,19-20H,4,6-7,13H2,1H3. The Morgan fingerprint density at radius 3 is 2.43 bits per heavy atom. The van der Waals surface area contributed by atoms with Crippen molar-refractivity contribution in [2.24, 2.45) is 0 Å². The minimum atomic E-state index is -0.591. The molecule has 1 N–H and O–H groups in total. The van der Waals surface area contributed by atoms with Gasteiger partial charge in [0.15, 0.2) is 0 Å². The van der Waals surface area contributed by atoms with E-state index in [-0.39, 0.29) is 0 Å². The summed E-state index contributed by atoms with van der Waals surface area (Å²) in [6.07, 6.45) is 3.36. The molecule has 0 aromatic heterocycles. The predicted octanol–water partition coefficient (Wildman–Crippen LogP) is 4.18. The Labute approximate surface area is 126 Å². The fourth-order valence-electron chi connectivity index (χ4n) is 2.96. The highest BCUT2D eigenvalue weighted by atomic mass is 16.5. The number of benzene rings is 2. The van der Waals surface area contributed by atoms with E-state index in [0.29, 0.717) is 6.61 Å². The van der Waals surface area contributed by atoms with Crippen LogP contribution < -0.4 is 0 Å². The van der Waals surface area contributed by atoms with Gasteiger partial charge < -0.3 is 9.84 Å². The van der Waals surface area contributed by atoms with Gasteiger partial charge in [-0.2, -0.15) is 0 Å². The summed E-state index contributed by atoms with van der Waals surface area (Å²) in [4.78, 5) is 0. The summed E-state index contributed by atoms with van der Waals surface area (Å²) in [7, 11) is 1.68. The van der Waals surface area contributed by atoms with Crippen molar-refractivity contribution in [2.75, 3.05) is 7.11 Å². The average molecular weight is 282 g/mol. The van der Waals surface area contributed by atoms with Crippen LogP contribution >= 0.6 is 0 Å². The molecule has 1 atom stereocenters. The van der Waals surface area contributed by atoms with Crippen LogP contribution in [0.15, 0.2) is 48.5 Å². The molecule has 0 heterocycles. The molecule has 0 bridgehead atoms. The number of ether oxygens (including phenoxy) is 1. The van der Waals surface area contributed by atoms with E-state index in [1.807, 2.05) is 24.3 Å². The third-order valence-electron chi connectivity index (χ3n) is 4.48. The summed E-state index contributed by atoms with van der Waals surface area (Å²) in [6.45, 7) is 0.521. The third kappa shape index (κ3) is 3.02. The summed E-state index contributed by atoms with van der Waals surface area (Å²) < 4.78 is 5.22. The van der Waals surface area contributed by atoms with Crippen molar-refractivity contribution in [3.05, 3.63) is 70.8 Å². The van der Waals surface area contributed by atoms with Crippen molar-refractivity contribution in [3.63, 3.8) is 0 Å². The smallest absolute Gasteiger partial charge is 0.104 e. The molecule has 0 saturated heterocycles. The van der Waals surface area contributed by atoms with Crippen LogP contribution in [-0.2, 0) is 11.3 Å². The zero-order valence-corrected chi connectivity index (χ0v) is 12.5. The molecule has 2 aromatic carbocycles. The van der Waals surface area contributed by atoms with Crippen LogP contribution in [0.4, 0.5) is 0 Å². The maximum atomic E-state index is 10.6. The molecule has 0 amide bonds. The fraction of sp³-hybridized carbons (Fsp3) is 0.368. The van der Waals surface area contributed by atoms with E-state index < -0.39 is 6.10 Å². The maximum absolute atomic E-state index is 10.6. The summed E-state index contributed by atoms with van der Waals surface area (Å²) in [5, 5.41) is 10.6. The molecule has 21 heavy (non-hydrogen) atoms. The van der Waals surface area contributed by atoms with E-state index in [2.05, 4.69) is 24.3 Å². The molecule has 1 fully saturated rings. The molecule has 1 aliphatic carbocycles. The van der Waals surface area contributed by atoms with Gasteiger partial charge in [0, 0.05) is 7.11 Å². The molecule has 2 nitrogen and oxygen atoms in total. The van der Waals surface area contributed by atoms with Crippen LogP contribution in [0.2, 0.25) is 0 Å². The van der Waals surface area contributed by atoms with Gasteiger partial charge in [0.2, 0.25) is 0 Å². The summed E-state index contributed by atoms with van der Waals surface area (Å²) in [5.41, 5.74) is 4.32. The van der Waals surface area contributed by atoms with Crippen molar-refractivity contribution >= 4 is 0 Å². The first-order chi connectivity index (χ1) is 10.3. The van der Waals surface area contributed by atoms with Crippen LogP contribution in [0.1, 0.15) is 53.5 Å². The summed E-state index contributed by atoms with van der Waals surface area (Å²) in [5.74, 6) is 0.733. The van der Waals surface area contributed by atoms with Crippen LogP contribution in [0.3, 0.4) is 0 Å². The number of aliphatic hydroxyl groups excluding tert-OH is 1. The average Bonchev–Trinajstić information content (AvgIpc) is 2.47. The molecule has 110 valence electrons. The number of aliphatic hydroxyl groups is 1. The van der Waals surface area contributed by atoms with Gasteiger partial charge in [-0.05, 0) is 41.0 Å². The van der Waals surface area contributed by atoms with Gasteiger partial charge in [0.25, 0.3) is 0 Å². The van der Waals surface area contributed by atoms with Gasteiger partial charge >= 0.3 is 0 Å². The third-order valence-corrected chi connectivity index (χ3v) is 4.48. The van der Waals surface area contributed by atoms with Crippen molar-refractivity contribution in [3.8, 4) is 0 Å². The van der Waals surface area contributed by atoms with Gasteiger partial charge in [-0.25, -0.2) is 0 Å². The number of hydrogen-bond donors (Lipinski definition) is 1. The van der Waals surface area contributed by atoms with E-state index in [0.717, 1.165) is 22.6 Å². The zero-order chi connectivity index (χ0) is 14.7. The summed E-state index contributed by atoms with van der Waals surface area (Å²) in [6, 6.07) is 16.4. The van der Waals surface area contributed by atoms with Crippen molar-refractivity contribution in [1.82, 2.24) is 0 Å². The van der Waals surface area contributed by atoms with Gasteiger partial charge in [-0.15, -0.1) is 0 Å². The number of hydrogen-bond acceptors (Lipinski definition) is 2. The van der Waals surface area contributed by atoms with Gasteiger partial charge in [-0.3, -0.25) is 0 Å². The minimum absolute atomic E-state index is 0.521. The highest BCUT2D eigenvalue weighted by Crippen LogP contribution is 2.37. The maximum Gasteiger partial charge on any atom is 0.104 e. The Hall–Kier alpha value is -1.64. The van der Waals surface area contributed by atoms with Crippen molar-refractivity contribution in [2.45, 2.75) is 37.9 Å². The Morgan fingerprint density at radius 1 is 1.10 bits per heavy atom. The first-order valence-corrected chi connectivity index (χ1v) is 7.64. The Bertz CT molecular complexity index is 585. The zero-order valence-electron chi connectivity index (χ0n) is 12.5. The number of rotatable bonds is 5. The van der Waals surface area contributed by atoms with Crippen LogP contribution in [0, 0.1) is 0 Å². The van der Waals surface area contributed by atoms with E-state index in [9.17, 15) is 5.11 Å². The highest BCUT2D eigenvalue weighted by molar-refractivity contribution is 5.37. The molecular weight excluding hydrogens is 260 g/mol. The van der Waals surface area contributed by atoms with E-state index in [4.69, 9.17) is 4.74 Å². The van der Waals surface area contributed by atoms with Crippen molar-refractivity contribution in [1.29, 1.82) is 0 Å². The lowest BCUT2D eigenvalue weighted by Gasteiger charge is -2.26. The van der Waals surface area contributed by atoms with Crippen LogP contribution in [-0.4, -0.2) is 12.2 Å². The highest BCUT2D eigenvalue weighted by Gasteiger charge is 2.20. The Morgan fingerprint density at radius 2 is 1.81 bits per heavy atom. The summed E-state index contributed by atoms with van der Waals surface area (Å²) >= 11 is 0. The van der Waals surface area contributed by atoms with E-state index in [1.165, 1.54) is 24.8 Å². The molecule has 0 spiro atoms. The van der Waals surface area contributed by atoms with Crippen LogP contribution in [0.25, 0.3) is 0 Å². The molecule has 0 aliphatic heterocycles. The fourth-order valence-corrected chi connectivity index (χ4v) is 2.96. The number of methoxy groups -OCH3 is 1. The monoisotopic (exact) mass is 282 g/mol. The topological polar surface area (TPSA) is 29.5 Å². The first-order valence-electron chi connectivity index (χ1n) is 7.64. The molecule has 1 aliphatic rings. The largest absolute Gasteiger partial charge is 0.384 e. The lowest BCUT2D eigenvalue weighted by Crippen LogP contribution is -2.09. The molecule has 2 aromatic rings. The second-order valence-corrected chi connectivity index (χ2v) is 5.83. The Kier molecular flexibility index (Phi) is 4.37. The SMILES string of the molecule is COCc1ccccc1C(O)c1ccc(C2CCC2)cc1. The molecule has 0 radical (unpaired) electrons. The second-order valence-electron chi connectivity index (χ2n) is 5.83. The van der Waals surface area contributed by atoms with Crippen LogP contribution in [0.5, 0.6) is 0 Å². The van der Waals surface area contributed by atoms with Gasteiger partial charge in [0.05, 0.1) is 6.61 Å². The quantitative estimate of drug-likeness (QED) is 0.891. The molecule has 2 heteroatoms. The normalized spacial score (nSPS) is 16.5. The van der Waals surface area contributed by atoms with Crippen molar-refractivity contribution < 1.29 is 9.84 Å². The second kappa shape index (κ2) is 6.42. The van der Waals surface area contributed by atoms with Gasteiger partial charge in [0.1, 0.15) is 6.10 Å². The lowest BCUT2D eigenvalue weighted by molar-refractivity contribution is 0.176. The molecule has 1 unspecified atom stereocenters. The lowest BCUT2D eigenvalue weighted by atomic mass is 9.79. The molecular formula is C19H22O2. The predicted molar refractivity (Wildman–Crippen MR) is 84.3 cm³/mol. The van der Waals surface area contributed by atoms with E-state index in [1.54, 1.807) is 7.11 Å². The molecule has 1 saturated carbocycles. The first kappa shape index (κ1) is 14.3.